The van der Waals surface area contributed by atoms with Gasteiger partial charge in [-0.25, -0.2) is 4.39 Å². The van der Waals surface area contributed by atoms with Gasteiger partial charge in [0.2, 0.25) is 5.91 Å². The van der Waals surface area contributed by atoms with Gasteiger partial charge in [0.05, 0.1) is 17.7 Å². The monoisotopic (exact) mass is 315 g/mol. The molecule has 2 heterocycles. The molecule has 0 saturated heterocycles. The second kappa shape index (κ2) is 5.80. The lowest BCUT2D eigenvalue weighted by molar-refractivity contribution is -0.135. The first-order valence-electron chi connectivity index (χ1n) is 8.00. The van der Waals surface area contributed by atoms with E-state index in [1.807, 2.05) is 32.6 Å². The molecular weight excluding hydrogens is 293 g/mol. The van der Waals surface area contributed by atoms with Gasteiger partial charge < -0.3 is 4.90 Å². The Morgan fingerprint density at radius 2 is 2.17 bits per heavy atom. The van der Waals surface area contributed by atoms with E-state index in [0.717, 1.165) is 28.1 Å². The first-order valence-corrected chi connectivity index (χ1v) is 8.00. The Kier molecular flexibility index (Phi) is 3.96. The molecule has 122 valence electrons. The average molecular weight is 315 g/mol. The third-order valence-corrected chi connectivity index (χ3v) is 4.92. The van der Waals surface area contributed by atoms with Crippen LogP contribution in [0.3, 0.4) is 0 Å². The topological polar surface area (TPSA) is 49.0 Å². The summed E-state index contributed by atoms with van der Waals surface area (Å²) in [7, 11) is 0. The standard InChI is InChI=1S/C18H22FN3O/c1-10(17-11(2)20-21-12(17)3)18(23)22-8-7-14-9-15(19)5-6-16(14)13(22)4/h5-6,9-10,13H,7-8H2,1-4H3,(H,20,21)/t10-,13-/m1/s1. The van der Waals surface area contributed by atoms with Crippen molar-refractivity contribution < 1.29 is 9.18 Å². The molecular formula is C18H22FN3O. The van der Waals surface area contributed by atoms with Gasteiger partial charge in [-0.15, -0.1) is 0 Å². The number of aromatic amines is 1. The first kappa shape index (κ1) is 15.7. The lowest BCUT2D eigenvalue weighted by Gasteiger charge is -2.37. The van der Waals surface area contributed by atoms with Gasteiger partial charge in [0, 0.05) is 17.8 Å². The number of aryl methyl sites for hydroxylation is 2. The van der Waals surface area contributed by atoms with Crippen LogP contribution in [0.1, 0.15) is 53.9 Å². The Balaban J connectivity index is 1.88. The quantitative estimate of drug-likeness (QED) is 0.923. The number of hydrogen-bond acceptors (Lipinski definition) is 2. The summed E-state index contributed by atoms with van der Waals surface area (Å²) in [5.74, 6) is -0.355. The van der Waals surface area contributed by atoms with Crippen molar-refractivity contribution in [3.05, 3.63) is 52.1 Å². The van der Waals surface area contributed by atoms with Crippen LogP contribution in [0.5, 0.6) is 0 Å². The largest absolute Gasteiger partial charge is 0.335 e. The Morgan fingerprint density at radius 1 is 1.43 bits per heavy atom. The van der Waals surface area contributed by atoms with E-state index in [9.17, 15) is 9.18 Å². The van der Waals surface area contributed by atoms with Crippen molar-refractivity contribution in [2.24, 2.45) is 0 Å². The molecule has 3 rings (SSSR count). The number of nitrogens with zero attached hydrogens (tertiary/aromatic N) is 2. The van der Waals surface area contributed by atoms with Crippen LogP contribution < -0.4 is 0 Å². The second-order valence-electron chi connectivity index (χ2n) is 6.37. The molecule has 4 nitrogen and oxygen atoms in total. The van der Waals surface area contributed by atoms with Gasteiger partial charge in [-0.1, -0.05) is 6.07 Å². The molecule has 0 aliphatic carbocycles. The average Bonchev–Trinajstić information content (AvgIpc) is 2.85. The minimum Gasteiger partial charge on any atom is -0.335 e. The number of carbonyl (C=O) groups is 1. The van der Waals surface area contributed by atoms with Crippen molar-refractivity contribution in [1.82, 2.24) is 15.1 Å². The number of fused-ring (bicyclic) bond motifs is 1. The van der Waals surface area contributed by atoms with Crippen LogP contribution in [0.4, 0.5) is 4.39 Å². The highest BCUT2D eigenvalue weighted by atomic mass is 19.1. The van der Waals surface area contributed by atoms with Crippen LogP contribution in [-0.4, -0.2) is 27.5 Å². The summed E-state index contributed by atoms with van der Waals surface area (Å²) in [6, 6.07) is 4.81. The van der Waals surface area contributed by atoms with Crippen molar-refractivity contribution >= 4 is 5.91 Å². The number of hydrogen-bond donors (Lipinski definition) is 1. The molecule has 1 aliphatic heterocycles. The molecule has 0 bridgehead atoms. The Bertz CT molecular complexity index is 733. The highest BCUT2D eigenvalue weighted by Crippen LogP contribution is 2.33. The Hall–Kier alpha value is -2.17. The van der Waals surface area contributed by atoms with Crippen LogP contribution in [-0.2, 0) is 11.2 Å². The summed E-state index contributed by atoms with van der Waals surface area (Å²) in [6.45, 7) is 8.42. The lowest BCUT2D eigenvalue weighted by Crippen LogP contribution is -2.41. The van der Waals surface area contributed by atoms with Gasteiger partial charge in [0.1, 0.15) is 5.82 Å². The number of H-pyrrole nitrogens is 1. The minimum absolute atomic E-state index is 0.0400. The number of amides is 1. The highest BCUT2D eigenvalue weighted by Gasteiger charge is 2.32. The molecule has 1 aliphatic rings. The van der Waals surface area contributed by atoms with Gasteiger partial charge in [-0.2, -0.15) is 5.10 Å². The second-order valence-corrected chi connectivity index (χ2v) is 6.37. The number of benzene rings is 1. The summed E-state index contributed by atoms with van der Waals surface area (Å²) in [5.41, 5.74) is 4.83. The van der Waals surface area contributed by atoms with E-state index in [4.69, 9.17) is 0 Å². The van der Waals surface area contributed by atoms with E-state index >= 15 is 0 Å². The van der Waals surface area contributed by atoms with Crippen molar-refractivity contribution in [3.63, 3.8) is 0 Å². The SMILES string of the molecule is Cc1n[nH]c(C)c1[C@@H](C)C(=O)N1CCc2cc(F)ccc2[C@H]1C. The van der Waals surface area contributed by atoms with Crippen LogP contribution in [0, 0.1) is 19.7 Å². The van der Waals surface area contributed by atoms with Gasteiger partial charge >= 0.3 is 0 Å². The molecule has 1 amide bonds. The maximum atomic E-state index is 13.4. The lowest BCUT2D eigenvalue weighted by atomic mass is 9.90. The maximum absolute atomic E-state index is 13.4. The number of nitrogens with one attached hydrogen (secondary N) is 1. The third kappa shape index (κ3) is 2.64. The summed E-state index contributed by atoms with van der Waals surface area (Å²) < 4.78 is 13.4. The highest BCUT2D eigenvalue weighted by molar-refractivity contribution is 5.84. The zero-order valence-electron chi connectivity index (χ0n) is 14.0. The van der Waals surface area contributed by atoms with Crippen molar-refractivity contribution in [2.45, 2.75) is 46.1 Å². The van der Waals surface area contributed by atoms with Gasteiger partial charge in [-0.05, 0) is 57.4 Å². The molecule has 0 saturated carbocycles. The molecule has 0 fully saturated rings. The summed E-state index contributed by atoms with van der Waals surface area (Å²) in [6.07, 6.45) is 0.694. The first-order chi connectivity index (χ1) is 10.9. The maximum Gasteiger partial charge on any atom is 0.230 e. The molecule has 0 radical (unpaired) electrons. The van der Waals surface area contributed by atoms with Gasteiger partial charge in [-0.3, -0.25) is 9.89 Å². The van der Waals surface area contributed by atoms with E-state index in [1.54, 1.807) is 12.1 Å². The summed E-state index contributed by atoms with van der Waals surface area (Å²) in [5, 5.41) is 7.14. The van der Waals surface area contributed by atoms with Gasteiger partial charge in [0.15, 0.2) is 0 Å². The number of carbonyl (C=O) groups excluding carboxylic acids is 1. The molecule has 1 aromatic carbocycles. The summed E-state index contributed by atoms with van der Waals surface area (Å²) in [4.78, 5) is 14.9. The van der Waals surface area contributed by atoms with Crippen molar-refractivity contribution in [3.8, 4) is 0 Å². The number of aromatic nitrogens is 2. The zero-order valence-corrected chi connectivity index (χ0v) is 14.0. The van der Waals surface area contributed by atoms with Crippen molar-refractivity contribution in [2.75, 3.05) is 6.54 Å². The van der Waals surface area contributed by atoms with Crippen LogP contribution in [0.15, 0.2) is 18.2 Å². The zero-order chi connectivity index (χ0) is 16.7. The Morgan fingerprint density at radius 3 is 2.83 bits per heavy atom. The van der Waals surface area contributed by atoms with E-state index in [-0.39, 0.29) is 23.7 Å². The fraction of sp³-hybridized carbons (Fsp3) is 0.444. The van der Waals surface area contributed by atoms with E-state index < -0.39 is 0 Å². The Labute approximate surface area is 135 Å². The van der Waals surface area contributed by atoms with E-state index in [0.29, 0.717) is 13.0 Å². The van der Waals surface area contributed by atoms with E-state index in [1.165, 1.54) is 6.07 Å². The van der Waals surface area contributed by atoms with Crippen molar-refractivity contribution in [1.29, 1.82) is 0 Å². The molecule has 2 atom stereocenters. The number of rotatable bonds is 2. The molecule has 5 heteroatoms. The van der Waals surface area contributed by atoms with Crippen LogP contribution in [0.25, 0.3) is 0 Å². The van der Waals surface area contributed by atoms with E-state index in [2.05, 4.69) is 10.2 Å². The smallest absolute Gasteiger partial charge is 0.230 e. The molecule has 0 unspecified atom stereocenters. The molecule has 2 aromatic rings. The number of halogens is 1. The molecule has 1 N–H and O–H groups in total. The normalized spacial score (nSPS) is 18.7. The molecule has 0 spiro atoms. The fourth-order valence-electron chi connectivity index (χ4n) is 3.67. The minimum atomic E-state index is -0.238. The van der Waals surface area contributed by atoms with Crippen LogP contribution >= 0.6 is 0 Å². The predicted molar refractivity (Wildman–Crippen MR) is 86.7 cm³/mol. The van der Waals surface area contributed by atoms with Crippen LogP contribution in [0.2, 0.25) is 0 Å². The predicted octanol–water partition coefficient (Wildman–Crippen LogP) is 3.42. The summed E-state index contributed by atoms with van der Waals surface area (Å²) >= 11 is 0. The fourth-order valence-corrected chi connectivity index (χ4v) is 3.67. The molecule has 1 aromatic heterocycles. The molecule has 23 heavy (non-hydrogen) atoms. The van der Waals surface area contributed by atoms with Gasteiger partial charge in [0.25, 0.3) is 0 Å². The third-order valence-electron chi connectivity index (χ3n) is 4.92.